The van der Waals surface area contributed by atoms with Gasteiger partial charge in [0.2, 0.25) is 5.91 Å². The summed E-state index contributed by atoms with van der Waals surface area (Å²) in [6, 6.07) is 13.4. The molecule has 3 aliphatic rings. The number of aliphatic hydroxyl groups is 1. The summed E-state index contributed by atoms with van der Waals surface area (Å²) in [7, 11) is 1.80. The van der Waals surface area contributed by atoms with Crippen molar-refractivity contribution in [2.24, 2.45) is 10.8 Å². The van der Waals surface area contributed by atoms with Crippen LogP contribution < -0.4 is 26.3 Å². The number of alkyl halides is 8. The number of anilines is 1. The second-order valence-corrected chi connectivity index (χ2v) is 21.1. The Kier molecular flexibility index (Phi) is 18.9. The van der Waals surface area contributed by atoms with Crippen molar-refractivity contribution in [2.45, 2.75) is 115 Å². The van der Waals surface area contributed by atoms with Crippen LogP contribution in [0.5, 0.6) is 0 Å². The fraction of sp³-hybridized carbons (Fsp3) is 0.500. The highest BCUT2D eigenvalue weighted by molar-refractivity contribution is 5.87. The van der Waals surface area contributed by atoms with Crippen molar-refractivity contribution in [1.29, 1.82) is 0 Å². The molecule has 440 valence electrons. The number of amides is 4. The van der Waals surface area contributed by atoms with Crippen LogP contribution in [0.2, 0.25) is 0 Å². The predicted octanol–water partition coefficient (Wildman–Crippen LogP) is 7.22. The Hall–Kier alpha value is -7.15. The highest BCUT2D eigenvalue weighted by Crippen LogP contribution is 2.43. The first-order valence-electron chi connectivity index (χ1n) is 25.5. The van der Waals surface area contributed by atoms with Crippen molar-refractivity contribution in [3.05, 3.63) is 107 Å². The summed E-state index contributed by atoms with van der Waals surface area (Å²) in [6.07, 6.45) is -15.7. The van der Waals surface area contributed by atoms with Gasteiger partial charge < -0.3 is 40.2 Å². The number of piperazine rings is 1. The minimum Gasteiger partial charge on any atom is -0.453 e. The molecule has 7 rings (SSSR count). The molecule has 3 fully saturated rings. The Bertz CT molecular complexity index is 2910. The molecule has 4 amide bonds. The number of hydrazine groups is 1. The zero-order valence-corrected chi connectivity index (χ0v) is 44.7. The van der Waals surface area contributed by atoms with Crippen molar-refractivity contribution in [2.75, 3.05) is 51.9 Å². The molecule has 17 nitrogen and oxygen atoms in total. The topological polar surface area (TPSA) is 192 Å². The molecule has 2 bridgehead atoms. The van der Waals surface area contributed by atoms with E-state index in [0.29, 0.717) is 74.1 Å². The van der Waals surface area contributed by atoms with Crippen LogP contribution in [-0.4, -0.2) is 151 Å². The molecule has 5 N–H and O–H groups in total. The van der Waals surface area contributed by atoms with E-state index in [-0.39, 0.29) is 21.5 Å². The number of halogens is 10. The fourth-order valence-corrected chi connectivity index (χ4v) is 9.73. The van der Waals surface area contributed by atoms with Gasteiger partial charge in [0.15, 0.2) is 6.10 Å². The second kappa shape index (κ2) is 24.9. The first kappa shape index (κ1) is 61.5. The van der Waals surface area contributed by atoms with Gasteiger partial charge >= 0.3 is 31.1 Å². The molecule has 1 aromatic heterocycles. The van der Waals surface area contributed by atoms with Gasteiger partial charge in [-0.15, -0.1) is 0 Å². The maximum Gasteiger partial charge on any atom is 0.407 e. The molecule has 81 heavy (non-hydrogen) atoms. The number of rotatable bonds is 19. The fourth-order valence-electron chi connectivity index (χ4n) is 9.73. The quantitative estimate of drug-likeness (QED) is 0.0361. The number of fused-ring (bicyclic) bond motifs is 2. The van der Waals surface area contributed by atoms with Crippen LogP contribution in [0, 0.1) is 34.3 Å². The van der Waals surface area contributed by atoms with Gasteiger partial charge in [0.1, 0.15) is 23.1 Å². The summed E-state index contributed by atoms with van der Waals surface area (Å²) >= 11 is 0. The number of methoxy groups -OCH3 is 1. The van der Waals surface area contributed by atoms with E-state index in [4.69, 9.17) is 9.47 Å². The summed E-state index contributed by atoms with van der Waals surface area (Å²) in [5.74, 6) is 0.00293. The molecule has 3 aromatic carbocycles. The van der Waals surface area contributed by atoms with Gasteiger partial charge in [-0.3, -0.25) is 19.9 Å². The lowest BCUT2D eigenvalue weighted by Crippen LogP contribution is -2.62. The van der Waals surface area contributed by atoms with E-state index in [1.807, 2.05) is 40.3 Å². The van der Waals surface area contributed by atoms with Gasteiger partial charge in [-0.2, -0.15) is 40.2 Å². The van der Waals surface area contributed by atoms with Crippen LogP contribution in [0.1, 0.15) is 69.3 Å². The highest BCUT2D eigenvalue weighted by atomic mass is 19.4. The number of alkyl carbamates (subject to hydrolysis) is 2. The lowest BCUT2D eigenvalue weighted by molar-refractivity contribution is -0.239. The highest BCUT2D eigenvalue weighted by Gasteiger charge is 2.58. The summed E-state index contributed by atoms with van der Waals surface area (Å²) in [6.45, 7) is 0.123. The molecule has 0 spiro atoms. The number of benzene rings is 3. The second-order valence-electron chi connectivity index (χ2n) is 21.1. The standard InChI is InChI=1S/C54H61F10N9O8/c1-51(2,53(59,60)61)44(67-50(78)79-6)46(75)66-42(21-32-11-9-30(10-12-32)7-8-31-13-15-34(16-14-31)70-24-35-17-18-36(25-70)73(35)37-28-80-29-37)43(74)27-71(69-47(76)45(81-49(77)65-5)52(3,4)54(62,63)64)26-38-39(55)22-33(23-40(38)56)41-19-20-72(68-41)48(57)58/h9-16,19-20,22-23,35-37,42-45,48,74H,17-18,21,24-29H2,1-6H3,(H,65,77)(H,66,75)(H,67,78)(H,69,76)/t35-,36-,42-,43-,44+,45+/m0/s1. The van der Waals surface area contributed by atoms with Crippen molar-refractivity contribution in [3.8, 4) is 23.1 Å². The average Bonchev–Trinajstić information content (AvgIpc) is 4.01. The lowest BCUT2D eigenvalue weighted by Gasteiger charge is -2.48. The molecule has 6 atom stereocenters. The minimum atomic E-state index is -5.26. The number of carbonyl (C=O) groups excluding carboxylic acids is 4. The zero-order chi connectivity index (χ0) is 59.4. The van der Waals surface area contributed by atoms with E-state index < -0.39 is 115 Å². The first-order valence-corrected chi connectivity index (χ1v) is 25.5. The third kappa shape index (κ3) is 14.3. The van der Waals surface area contributed by atoms with Gasteiger partial charge in [-0.25, -0.2) is 28.1 Å². The van der Waals surface area contributed by atoms with Crippen LogP contribution in [0.3, 0.4) is 0 Å². The van der Waals surface area contributed by atoms with E-state index in [9.17, 15) is 59.4 Å². The lowest BCUT2D eigenvalue weighted by atomic mass is 9.82. The Labute approximate surface area is 459 Å². The zero-order valence-electron chi connectivity index (χ0n) is 44.7. The number of aliphatic hydroxyl groups excluding tert-OH is 1. The van der Waals surface area contributed by atoms with Gasteiger partial charge in [0.05, 0.1) is 49.6 Å². The van der Waals surface area contributed by atoms with Crippen LogP contribution in [0.25, 0.3) is 11.3 Å². The Morgan fingerprint density at radius 2 is 1.37 bits per heavy atom. The largest absolute Gasteiger partial charge is 0.453 e. The SMILES string of the molecule is CNC(=O)O[C@H](C(=O)NN(Cc1c(F)cc(-c2ccn(C(F)F)n2)cc1F)C[C@H](O)[C@H](Cc1ccc(C#Cc2ccc(N3C[C@@H]4CC[C@@H](C3)N4C3COC3)cc2)cc1)NC(=O)[C@@H](NC(=O)OC)C(C)(C)C(F)(F)F)C(C)(C)C(F)(F)F. The maximum absolute atomic E-state index is 16.0. The van der Waals surface area contributed by atoms with Crippen LogP contribution in [-0.2, 0) is 36.8 Å². The number of nitrogens with zero attached hydrogens (tertiary/aromatic N) is 5. The third-order valence-corrected chi connectivity index (χ3v) is 14.9. The molecule has 0 aliphatic carbocycles. The molecule has 4 heterocycles. The Morgan fingerprint density at radius 1 is 0.802 bits per heavy atom. The molecule has 0 unspecified atom stereocenters. The number of hydrogen-bond acceptors (Lipinski definition) is 12. The van der Waals surface area contributed by atoms with Gasteiger partial charge in [0, 0.05) is 79.4 Å². The van der Waals surface area contributed by atoms with E-state index in [1.165, 1.54) is 12.1 Å². The van der Waals surface area contributed by atoms with E-state index in [0.717, 1.165) is 71.3 Å². The third-order valence-electron chi connectivity index (χ3n) is 14.9. The summed E-state index contributed by atoms with van der Waals surface area (Å²) < 4.78 is 161. The minimum absolute atomic E-state index is 0.199. The average molecular weight is 1150 g/mol. The molecule has 4 aromatic rings. The van der Waals surface area contributed by atoms with E-state index >= 15 is 8.78 Å². The first-order chi connectivity index (χ1) is 38.0. The summed E-state index contributed by atoms with van der Waals surface area (Å²) in [5, 5.41) is 22.2. The summed E-state index contributed by atoms with van der Waals surface area (Å²) in [4.78, 5) is 57.8. The van der Waals surface area contributed by atoms with E-state index in [2.05, 4.69) is 36.8 Å². The van der Waals surface area contributed by atoms with Crippen molar-refractivity contribution in [1.82, 2.24) is 41.1 Å². The smallest absolute Gasteiger partial charge is 0.407 e. The van der Waals surface area contributed by atoms with E-state index in [1.54, 1.807) is 12.1 Å². The number of carbonyl (C=O) groups is 4. The number of hydrogen-bond donors (Lipinski definition) is 5. The van der Waals surface area contributed by atoms with Crippen LogP contribution in [0.15, 0.2) is 72.9 Å². The van der Waals surface area contributed by atoms with Crippen molar-refractivity contribution >= 4 is 29.7 Å². The van der Waals surface area contributed by atoms with Crippen LogP contribution in [0.4, 0.5) is 59.2 Å². The van der Waals surface area contributed by atoms with Crippen molar-refractivity contribution in [3.63, 3.8) is 0 Å². The van der Waals surface area contributed by atoms with Crippen molar-refractivity contribution < 1.29 is 82.4 Å². The Morgan fingerprint density at radius 3 is 1.86 bits per heavy atom. The molecule has 27 heteroatoms. The molecule has 0 saturated carbocycles. The number of aromatic nitrogens is 2. The maximum atomic E-state index is 16.0. The predicted molar refractivity (Wildman–Crippen MR) is 272 cm³/mol. The van der Waals surface area contributed by atoms with Gasteiger partial charge in [-0.05, 0) is 107 Å². The van der Waals surface area contributed by atoms with Crippen LogP contribution >= 0.6 is 0 Å². The molecule has 0 radical (unpaired) electrons. The van der Waals surface area contributed by atoms with Gasteiger partial charge in [0.25, 0.3) is 5.91 Å². The molecular weight excluding hydrogens is 1090 g/mol. The normalized spacial score (nSPS) is 18.5. The monoisotopic (exact) mass is 1150 g/mol. The molecular formula is C54H61F10N9O8. The Balaban J connectivity index is 1.18. The number of ether oxygens (including phenoxy) is 3. The summed E-state index contributed by atoms with van der Waals surface area (Å²) in [5.41, 5.74) is -3.30. The molecule has 3 saturated heterocycles. The molecule has 3 aliphatic heterocycles. The van der Waals surface area contributed by atoms with Gasteiger partial charge in [-0.1, -0.05) is 24.0 Å². The number of nitrogens with one attached hydrogen (secondary N) is 4.